The van der Waals surface area contributed by atoms with Gasteiger partial charge >= 0.3 is 6.03 Å². The van der Waals surface area contributed by atoms with Gasteiger partial charge in [-0.3, -0.25) is 14.5 Å². The van der Waals surface area contributed by atoms with Crippen LogP contribution in [0.5, 0.6) is 0 Å². The van der Waals surface area contributed by atoms with E-state index in [0.29, 0.717) is 69.4 Å². The number of hydrogen-bond donors (Lipinski definition) is 3. The number of nitrogens with zero attached hydrogens (tertiary/aromatic N) is 2. The third-order valence-corrected chi connectivity index (χ3v) is 6.33. The molecule has 0 unspecified atom stereocenters. The zero-order valence-electron chi connectivity index (χ0n) is 17.3. The molecule has 3 fully saturated rings. The Morgan fingerprint density at radius 3 is 2.84 bits per heavy atom. The number of hydrogen-bond acceptors (Lipinski definition) is 5. The molecular weight excluding hydrogens is 422 g/mol. The fourth-order valence-electron chi connectivity index (χ4n) is 4.53. The van der Waals surface area contributed by atoms with Crippen molar-refractivity contribution in [1.82, 2.24) is 20.4 Å². The van der Waals surface area contributed by atoms with Gasteiger partial charge in [-0.1, -0.05) is 17.7 Å². The highest BCUT2D eigenvalue weighted by Gasteiger charge is 2.43. The highest BCUT2D eigenvalue weighted by atomic mass is 35.5. The molecule has 0 aromatic heterocycles. The van der Waals surface area contributed by atoms with Crippen LogP contribution in [0.4, 0.5) is 10.5 Å². The van der Waals surface area contributed by atoms with Crippen molar-refractivity contribution in [2.75, 3.05) is 44.7 Å². The molecule has 1 aromatic rings. The number of halogens is 1. The first-order valence-electron chi connectivity index (χ1n) is 10.7. The van der Waals surface area contributed by atoms with Crippen molar-refractivity contribution < 1.29 is 19.1 Å². The molecule has 10 heteroatoms. The van der Waals surface area contributed by atoms with Crippen molar-refractivity contribution in [3.8, 4) is 0 Å². The van der Waals surface area contributed by atoms with Crippen molar-refractivity contribution in [2.45, 2.75) is 37.4 Å². The van der Waals surface area contributed by atoms with E-state index < -0.39 is 0 Å². The predicted octanol–water partition coefficient (Wildman–Crippen LogP) is 1.04. The monoisotopic (exact) mass is 449 g/mol. The van der Waals surface area contributed by atoms with Crippen LogP contribution in [0.2, 0.25) is 5.02 Å². The Labute approximate surface area is 186 Å². The van der Waals surface area contributed by atoms with Gasteiger partial charge in [-0.05, 0) is 31.0 Å². The number of ether oxygens (including phenoxy) is 1. The summed E-state index contributed by atoms with van der Waals surface area (Å²) in [7, 11) is 0. The molecule has 0 spiro atoms. The van der Waals surface area contributed by atoms with Crippen LogP contribution in [-0.2, 0) is 14.3 Å². The Morgan fingerprint density at radius 1 is 1.26 bits per heavy atom. The number of benzene rings is 1. The minimum atomic E-state index is -0.327. The van der Waals surface area contributed by atoms with Gasteiger partial charge in [-0.25, -0.2) is 4.79 Å². The Kier molecular flexibility index (Phi) is 6.94. The average Bonchev–Trinajstić information content (AvgIpc) is 3.18. The second kappa shape index (κ2) is 9.84. The Bertz CT molecular complexity index is 832. The number of anilines is 1. The van der Waals surface area contributed by atoms with Crippen molar-refractivity contribution in [3.63, 3.8) is 0 Å². The van der Waals surface area contributed by atoms with Crippen LogP contribution in [0.1, 0.15) is 19.3 Å². The molecule has 1 aromatic carbocycles. The lowest BCUT2D eigenvalue weighted by molar-refractivity contribution is -0.136. The number of rotatable bonds is 5. The van der Waals surface area contributed by atoms with E-state index in [2.05, 4.69) is 20.9 Å². The summed E-state index contributed by atoms with van der Waals surface area (Å²) < 4.78 is 5.30. The normalized spacial score (nSPS) is 26.2. The van der Waals surface area contributed by atoms with Gasteiger partial charge in [0.25, 0.3) is 0 Å². The maximum atomic E-state index is 12.5. The molecule has 0 bridgehead atoms. The molecule has 168 valence electrons. The SMILES string of the molecule is O=C(Nc1cccc(Cl)c1)N[C@@H]1C[C@H]2C(=O)NC[C@@H](CCC(=O)N3CCOCC3)N2C1. The lowest BCUT2D eigenvalue weighted by Gasteiger charge is -2.37. The first-order valence-corrected chi connectivity index (χ1v) is 11.1. The van der Waals surface area contributed by atoms with E-state index in [1.54, 1.807) is 24.3 Å². The molecular formula is C21H28ClN5O4. The molecule has 3 heterocycles. The second-order valence-electron chi connectivity index (χ2n) is 8.18. The summed E-state index contributed by atoms with van der Waals surface area (Å²) >= 11 is 5.96. The molecule has 3 aliphatic rings. The summed E-state index contributed by atoms with van der Waals surface area (Å²) in [4.78, 5) is 41.2. The van der Waals surface area contributed by atoms with E-state index in [-0.39, 0.29) is 36.0 Å². The molecule has 3 N–H and O–H groups in total. The van der Waals surface area contributed by atoms with E-state index in [4.69, 9.17) is 16.3 Å². The zero-order chi connectivity index (χ0) is 21.8. The van der Waals surface area contributed by atoms with Crippen molar-refractivity contribution in [1.29, 1.82) is 0 Å². The summed E-state index contributed by atoms with van der Waals surface area (Å²) in [6.07, 6.45) is 1.66. The second-order valence-corrected chi connectivity index (χ2v) is 8.62. The molecule has 0 saturated carbocycles. The van der Waals surface area contributed by atoms with Crippen molar-refractivity contribution >= 4 is 35.1 Å². The largest absolute Gasteiger partial charge is 0.378 e. The number of fused-ring (bicyclic) bond motifs is 1. The van der Waals surface area contributed by atoms with E-state index in [9.17, 15) is 14.4 Å². The molecule has 3 saturated heterocycles. The van der Waals surface area contributed by atoms with Crippen LogP contribution in [0.25, 0.3) is 0 Å². The summed E-state index contributed by atoms with van der Waals surface area (Å²) in [5.74, 6) is 0.113. The summed E-state index contributed by atoms with van der Waals surface area (Å²) in [5, 5.41) is 9.23. The molecule has 31 heavy (non-hydrogen) atoms. The van der Waals surface area contributed by atoms with Crippen LogP contribution in [0.3, 0.4) is 0 Å². The van der Waals surface area contributed by atoms with Crippen LogP contribution in [0, 0.1) is 0 Å². The standard InChI is InChI=1S/C21H28ClN5O4/c22-14-2-1-3-15(10-14)24-21(30)25-16-11-18-20(29)23-12-17(27(18)13-16)4-5-19(28)26-6-8-31-9-7-26/h1-3,10,16-18H,4-9,11-13H2,(H,23,29)(H2,24,25,30)/t16-,17-,18+/m1/s1. The van der Waals surface area contributed by atoms with Crippen molar-refractivity contribution in [2.24, 2.45) is 0 Å². The first kappa shape index (κ1) is 21.9. The Hall–Kier alpha value is -2.36. The molecule has 9 nitrogen and oxygen atoms in total. The molecule has 3 aliphatic heterocycles. The summed E-state index contributed by atoms with van der Waals surface area (Å²) in [5.41, 5.74) is 0.609. The first-order chi connectivity index (χ1) is 15.0. The van der Waals surface area contributed by atoms with E-state index in [0.717, 1.165) is 0 Å². The van der Waals surface area contributed by atoms with Crippen LogP contribution in [-0.4, -0.2) is 85.2 Å². The highest BCUT2D eigenvalue weighted by molar-refractivity contribution is 6.30. The van der Waals surface area contributed by atoms with Gasteiger partial charge in [0.05, 0.1) is 19.3 Å². The fourth-order valence-corrected chi connectivity index (χ4v) is 4.72. The van der Waals surface area contributed by atoms with Gasteiger partial charge in [0.1, 0.15) is 0 Å². The number of morpholine rings is 1. The third kappa shape index (κ3) is 5.47. The van der Waals surface area contributed by atoms with Crippen LogP contribution < -0.4 is 16.0 Å². The van der Waals surface area contributed by atoms with E-state index in [1.807, 2.05) is 4.90 Å². The number of amides is 4. The predicted molar refractivity (Wildman–Crippen MR) is 116 cm³/mol. The number of urea groups is 1. The maximum absolute atomic E-state index is 12.5. The Balaban J connectivity index is 1.30. The minimum Gasteiger partial charge on any atom is -0.378 e. The Morgan fingerprint density at radius 2 is 2.06 bits per heavy atom. The third-order valence-electron chi connectivity index (χ3n) is 6.10. The minimum absolute atomic E-state index is 0.0182. The van der Waals surface area contributed by atoms with Crippen LogP contribution >= 0.6 is 11.6 Å². The lowest BCUT2D eigenvalue weighted by atomic mass is 10.0. The van der Waals surface area contributed by atoms with Gasteiger partial charge in [0.2, 0.25) is 11.8 Å². The van der Waals surface area contributed by atoms with E-state index in [1.165, 1.54) is 0 Å². The van der Waals surface area contributed by atoms with Gasteiger partial charge < -0.3 is 25.6 Å². The molecule has 0 radical (unpaired) electrons. The highest BCUT2D eigenvalue weighted by Crippen LogP contribution is 2.26. The molecule has 4 rings (SSSR count). The smallest absolute Gasteiger partial charge is 0.319 e. The maximum Gasteiger partial charge on any atom is 0.319 e. The lowest BCUT2D eigenvalue weighted by Crippen LogP contribution is -2.58. The molecule has 4 amide bonds. The number of piperazine rings is 1. The zero-order valence-corrected chi connectivity index (χ0v) is 18.1. The number of carbonyl (C=O) groups is 3. The van der Waals surface area contributed by atoms with Gasteiger partial charge in [-0.2, -0.15) is 0 Å². The van der Waals surface area contributed by atoms with Crippen molar-refractivity contribution in [3.05, 3.63) is 29.3 Å². The number of carbonyl (C=O) groups excluding carboxylic acids is 3. The summed E-state index contributed by atoms with van der Waals surface area (Å²) in [6, 6.07) is 6.26. The molecule has 0 aliphatic carbocycles. The van der Waals surface area contributed by atoms with Gasteiger partial charge in [0, 0.05) is 55.4 Å². The van der Waals surface area contributed by atoms with Crippen LogP contribution in [0.15, 0.2) is 24.3 Å². The van der Waals surface area contributed by atoms with Gasteiger partial charge in [-0.15, -0.1) is 0 Å². The summed E-state index contributed by atoms with van der Waals surface area (Å²) in [6.45, 7) is 3.55. The molecule has 3 atom stereocenters. The van der Waals surface area contributed by atoms with E-state index >= 15 is 0 Å². The quantitative estimate of drug-likeness (QED) is 0.623. The number of nitrogens with one attached hydrogen (secondary N) is 3. The topological polar surface area (TPSA) is 103 Å². The average molecular weight is 450 g/mol. The van der Waals surface area contributed by atoms with Gasteiger partial charge in [0.15, 0.2) is 0 Å². The fraction of sp³-hybridized carbons (Fsp3) is 0.571.